The van der Waals surface area contributed by atoms with Crippen molar-refractivity contribution in [1.82, 2.24) is 5.32 Å². The molecule has 1 atom stereocenters. The van der Waals surface area contributed by atoms with Crippen LogP contribution in [0.2, 0.25) is 5.02 Å². The minimum absolute atomic E-state index is 0.353. The number of aliphatic hydroxyl groups is 1. The summed E-state index contributed by atoms with van der Waals surface area (Å²) in [6.07, 6.45) is 6.03. The molecular formula is C16H24ClNO2. The van der Waals surface area contributed by atoms with Gasteiger partial charge in [0.15, 0.2) is 0 Å². The maximum absolute atomic E-state index is 9.90. The second kappa shape index (κ2) is 8.63. The summed E-state index contributed by atoms with van der Waals surface area (Å²) in [5.41, 5.74) is 1.12. The average molecular weight is 298 g/mol. The lowest BCUT2D eigenvalue weighted by Crippen LogP contribution is -2.32. The summed E-state index contributed by atoms with van der Waals surface area (Å²) >= 11 is 5.92. The number of rotatable bonds is 7. The Kier molecular flexibility index (Phi) is 6.80. The molecule has 0 amide bonds. The van der Waals surface area contributed by atoms with Crippen LogP contribution in [0.15, 0.2) is 24.3 Å². The van der Waals surface area contributed by atoms with E-state index >= 15 is 0 Å². The molecule has 20 heavy (non-hydrogen) atoms. The fourth-order valence-corrected chi connectivity index (χ4v) is 2.78. The van der Waals surface area contributed by atoms with Crippen molar-refractivity contribution in [2.75, 3.05) is 13.2 Å². The van der Waals surface area contributed by atoms with Gasteiger partial charge in [-0.3, -0.25) is 0 Å². The first kappa shape index (κ1) is 15.8. The second-order valence-corrected chi connectivity index (χ2v) is 5.94. The topological polar surface area (TPSA) is 41.5 Å². The summed E-state index contributed by atoms with van der Waals surface area (Å²) in [6.45, 7) is 1.67. The molecular weight excluding hydrogens is 274 g/mol. The van der Waals surface area contributed by atoms with Gasteiger partial charge in [0.25, 0.3) is 0 Å². The molecule has 3 nitrogen and oxygen atoms in total. The molecule has 0 heterocycles. The Labute approximate surface area is 126 Å². The maximum atomic E-state index is 9.90. The van der Waals surface area contributed by atoms with Gasteiger partial charge in [-0.1, -0.05) is 43.0 Å². The third-order valence-electron chi connectivity index (χ3n) is 3.67. The Morgan fingerprint density at radius 2 is 2.10 bits per heavy atom. The zero-order chi connectivity index (χ0) is 14.2. The van der Waals surface area contributed by atoms with E-state index in [1.165, 1.54) is 19.3 Å². The van der Waals surface area contributed by atoms with Crippen LogP contribution < -0.4 is 5.32 Å². The number of hydrogen-bond acceptors (Lipinski definition) is 3. The highest BCUT2D eigenvalue weighted by atomic mass is 35.5. The monoisotopic (exact) mass is 297 g/mol. The minimum Gasteiger partial charge on any atom is -0.389 e. The van der Waals surface area contributed by atoms with Crippen molar-refractivity contribution >= 4 is 11.6 Å². The largest absolute Gasteiger partial charge is 0.389 e. The van der Waals surface area contributed by atoms with Crippen molar-refractivity contribution in [3.05, 3.63) is 34.9 Å². The highest BCUT2D eigenvalue weighted by Crippen LogP contribution is 2.20. The van der Waals surface area contributed by atoms with Crippen molar-refractivity contribution in [2.45, 2.75) is 50.9 Å². The van der Waals surface area contributed by atoms with Crippen LogP contribution in [-0.4, -0.2) is 30.5 Å². The third-order valence-corrected chi connectivity index (χ3v) is 3.91. The SMILES string of the molecule is OC(CNCc1cccc(Cl)c1)COC1CCCCC1. The summed E-state index contributed by atoms with van der Waals surface area (Å²) in [6, 6.07) is 7.74. The van der Waals surface area contributed by atoms with Crippen molar-refractivity contribution in [1.29, 1.82) is 0 Å². The van der Waals surface area contributed by atoms with E-state index in [2.05, 4.69) is 5.32 Å². The van der Waals surface area contributed by atoms with Gasteiger partial charge >= 0.3 is 0 Å². The molecule has 0 saturated heterocycles. The Hall–Kier alpha value is -0.610. The highest BCUT2D eigenvalue weighted by molar-refractivity contribution is 6.30. The zero-order valence-electron chi connectivity index (χ0n) is 11.9. The first-order valence-electron chi connectivity index (χ1n) is 7.49. The highest BCUT2D eigenvalue weighted by Gasteiger charge is 2.15. The molecule has 1 saturated carbocycles. The first-order chi connectivity index (χ1) is 9.74. The summed E-state index contributed by atoms with van der Waals surface area (Å²) in [5.74, 6) is 0. The molecule has 2 rings (SSSR count). The van der Waals surface area contributed by atoms with E-state index in [1.807, 2.05) is 24.3 Å². The molecule has 112 valence electrons. The predicted molar refractivity (Wildman–Crippen MR) is 82.0 cm³/mol. The number of halogens is 1. The van der Waals surface area contributed by atoms with Crippen LogP contribution >= 0.6 is 11.6 Å². The fraction of sp³-hybridized carbons (Fsp3) is 0.625. The number of benzene rings is 1. The van der Waals surface area contributed by atoms with Crippen molar-refractivity contribution in [3.8, 4) is 0 Å². The van der Waals surface area contributed by atoms with Crippen LogP contribution in [0.3, 0.4) is 0 Å². The molecule has 0 bridgehead atoms. The van der Waals surface area contributed by atoms with Gasteiger partial charge < -0.3 is 15.2 Å². The molecule has 1 aliphatic rings. The van der Waals surface area contributed by atoms with Gasteiger partial charge in [0, 0.05) is 18.1 Å². The maximum Gasteiger partial charge on any atom is 0.0897 e. The summed E-state index contributed by atoms with van der Waals surface area (Å²) in [4.78, 5) is 0. The summed E-state index contributed by atoms with van der Waals surface area (Å²) in [5, 5.41) is 13.9. The first-order valence-corrected chi connectivity index (χ1v) is 7.86. The normalized spacial score (nSPS) is 18.1. The Bertz CT molecular complexity index is 394. The Morgan fingerprint density at radius 1 is 1.30 bits per heavy atom. The lowest BCUT2D eigenvalue weighted by Gasteiger charge is -2.23. The van der Waals surface area contributed by atoms with Gasteiger partial charge in [-0.05, 0) is 30.5 Å². The molecule has 4 heteroatoms. The molecule has 1 aliphatic carbocycles. The number of hydrogen-bond donors (Lipinski definition) is 2. The van der Waals surface area contributed by atoms with E-state index in [1.54, 1.807) is 0 Å². The molecule has 0 aromatic heterocycles. The van der Waals surface area contributed by atoms with E-state index in [4.69, 9.17) is 16.3 Å². The molecule has 1 aromatic rings. The molecule has 0 spiro atoms. The minimum atomic E-state index is -0.448. The second-order valence-electron chi connectivity index (χ2n) is 5.51. The van der Waals surface area contributed by atoms with Gasteiger partial charge in [0.1, 0.15) is 0 Å². The molecule has 2 N–H and O–H groups in total. The lowest BCUT2D eigenvalue weighted by atomic mass is 9.98. The molecule has 1 aromatic carbocycles. The van der Waals surface area contributed by atoms with Crippen molar-refractivity contribution in [3.63, 3.8) is 0 Å². The van der Waals surface area contributed by atoms with Crippen LogP contribution in [0.4, 0.5) is 0 Å². The van der Waals surface area contributed by atoms with Crippen LogP contribution in [0.1, 0.15) is 37.7 Å². The van der Waals surface area contributed by atoms with Crippen LogP contribution in [-0.2, 0) is 11.3 Å². The van der Waals surface area contributed by atoms with Gasteiger partial charge in [0.05, 0.1) is 18.8 Å². The lowest BCUT2D eigenvalue weighted by molar-refractivity contribution is -0.0230. The van der Waals surface area contributed by atoms with E-state index in [0.29, 0.717) is 25.8 Å². The van der Waals surface area contributed by atoms with Gasteiger partial charge in [-0.2, -0.15) is 0 Å². The average Bonchev–Trinajstić information content (AvgIpc) is 2.46. The van der Waals surface area contributed by atoms with E-state index < -0.39 is 6.10 Å². The van der Waals surface area contributed by atoms with Crippen LogP contribution in [0, 0.1) is 0 Å². The fourth-order valence-electron chi connectivity index (χ4n) is 2.57. The standard InChI is InChI=1S/C16H24ClNO2/c17-14-6-4-5-13(9-14)10-18-11-15(19)12-20-16-7-2-1-3-8-16/h4-6,9,15-16,18-19H,1-3,7-8,10-12H2. The van der Waals surface area contributed by atoms with E-state index in [0.717, 1.165) is 23.4 Å². The third kappa shape index (κ3) is 5.80. The van der Waals surface area contributed by atoms with Crippen LogP contribution in [0.25, 0.3) is 0 Å². The van der Waals surface area contributed by atoms with Crippen molar-refractivity contribution < 1.29 is 9.84 Å². The number of ether oxygens (including phenoxy) is 1. The van der Waals surface area contributed by atoms with Gasteiger partial charge in [0.2, 0.25) is 0 Å². The number of nitrogens with one attached hydrogen (secondary N) is 1. The quantitative estimate of drug-likeness (QED) is 0.812. The summed E-state index contributed by atoms with van der Waals surface area (Å²) in [7, 11) is 0. The Morgan fingerprint density at radius 3 is 2.85 bits per heavy atom. The zero-order valence-corrected chi connectivity index (χ0v) is 12.6. The Balaban J connectivity index is 1.58. The molecule has 0 aliphatic heterocycles. The van der Waals surface area contributed by atoms with E-state index in [9.17, 15) is 5.11 Å². The molecule has 0 radical (unpaired) electrons. The molecule has 1 unspecified atom stereocenters. The van der Waals surface area contributed by atoms with Gasteiger partial charge in [-0.25, -0.2) is 0 Å². The van der Waals surface area contributed by atoms with Crippen LogP contribution in [0.5, 0.6) is 0 Å². The predicted octanol–water partition coefficient (Wildman–Crippen LogP) is 3.14. The number of aliphatic hydroxyl groups excluding tert-OH is 1. The van der Waals surface area contributed by atoms with Gasteiger partial charge in [-0.15, -0.1) is 0 Å². The molecule has 1 fully saturated rings. The summed E-state index contributed by atoms with van der Waals surface area (Å²) < 4.78 is 5.76. The van der Waals surface area contributed by atoms with Crippen molar-refractivity contribution in [2.24, 2.45) is 0 Å². The smallest absolute Gasteiger partial charge is 0.0897 e. The van der Waals surface area contributed by atoms with E-state index in [-0.39, 0.29) is 0 Å².